The molecule has 9 heteroatoms. The Hall–Kier alpha value is -2.52. The Bertz CT molecular complexity index is 1200. The number of halogens is 4. The average Bonchev–Trinajstić information content (AvgIpc) is 3.11. The molecule has 2 heterocycles. The highest BCUT2D eigenvalue weighted by Crippen LogP contribution is 2.28. The molecule has 0 unspecified atom stereocenters. The second-order valence-electron chi connectivity index (χ2n) is 5.59. The van der Waals surface area contributed by atoms with Gasteiger partial charge in [0.05, 0.1) is 16.6 Å². The molecule has 2 aromatic heterocycles. The van der Waals surface area contributed by atoms with Crippen LogP contribution in [0.2, 0.25) is 0 Å². The molecule has 2 aromatic carbocycles. The summed E-state index contributed by atoms with van der Waals surface area (Å²) in [7, 11) is 0. The Balaban J connectivity index is 1.92. The van der Waals surface area contributed by atoms with Crippen molar-refractivity contribution in [3.63, 3.8) is 0 Å². The summed E-state index contributed by atoms with van der Waals surface area (Å²) in [4.78, 5) is 20.9. The molecule has 0 aliphatic rings. The molecule has 27 heavy (non-hydrogen) atoms. The lowest BCUT2D eigenvalue weighted by Gasteiger charge is -2.10. The van der Waals surface area contributed by atoms with Crippen molar-refractivity contribution < 1.29 is 13.2 Å². The van der Waals surface area contributed by atoms with E-state index in [1.54, 1.807) is 5.38 Å². The molecule has 0 fully saturated rings. The second kappa shape index (κ2) is 6.90. The van der Waals surface area contributed by atoms with Gasteiger partial charge in [-0.3, -0.25) is 4.79 Å². The summed E-state index contributed by atoms with van der Waals surface area (Å²) in [5.41, 5.74) is 0.500. The quantitative estimate of drug-likeness (QED) is 0.421. The third-order valence-corrected chi connectivity index (χ3v) is 5.23. The smallest absolute Gasteiger partial charge is 0.268 e. The van der Waals surface area contributed by atoms with Crippen molar-refractivity contribution >= 4 is 38.2 Å². The maximum atomic E-state index is 13.6. The molecule has 0 radical (unpaired) electrons. The monoisotopic (exact) mass is 451 g/mol. The molecule has 136 valence electrons. The SMILES string of the molecule is O=c1c2ccc(F)cc2nc(C(F)F)n1-c1nc(-c2ccc(Br)cc2)cs1. The minimum Gasteiger partial charge on any atom is -0.268 e. The highest BCUT2D eigenvalue weighted by molar-refractivity contribution is 9.10. The van der Waals surface area contributed by atoms with Crippen LogP contribution in [0.1, 0.15) is 12.2 Å². The number of nitrogens with zero attached hydrogens (tertiary/aromatic N) is 3. The number of benzene rings is 2. The Kier molecular flexibility index (Phi) is 4.56. The van der Waals surface area contributed by atoms with Crippen LogP contribution in [0.5, 0.6) is 0 Å². The first-order valence-corrected chi connectivity index (χ1v) is 9.33. The minimum absolute atomic E-state index is 0.0428. The van der Waals surface area contributed by atoms with Gasteiger partial charge in [-0.1, -0.05) is 28.1 Å². The lowest BCUT2D eigenvalue weighted by atomic mass is 10.2. The number of rotatable bonds is 3. The van der Waals surface area contributed by atoms with E-state index < -0.39 is 23.6 Å². The fraction of sp³-hybridized carbons (Fsp3) is 0.0556. The first-order chi connectivity index (χ1) is 12.9. The predicted octanol–water partition coefficient (Wildman–Crippen LogP) is 5.35. The molecule has 0 saturated carbocycles. The van der Waals surface area contributed by atoms with E-state index in [0.717, 1.165) is 38.1 Å². The largest absolute Gasteiger partial charge is 0.296 e. The van der Waals surface area contributed by atoms with Gasteiger partial charge in [-0.15, -0.1) is 11.3 Å². The van der Waals surface area contributed by atoms with Crippen molar-refractivity contribution in [2.75, 3.05) is 0 Å². The van der Waals surface area contributed by atoms with Crippen LogP contribution in [0.3, 0.4) is 0 Å². The topological polar surface area (TPSA) is 47.8 Å². The van der Waals surface area contributed by atoms with E-state index in [0.29, 0.717) is 5.69 Å². The molecule has 4 nitrogen and oxygen atoms in total. The van der Waals surface area contributed by atoms with Crippen molar-refractivity contribution in [2.24, 2.45) is 0 Å². The fourth-order valence-corrected chi connectivity index (χ4v) is 3.73. The van der Waals surface area contributed by atoms with Gasteiger partial charge >= 0.3 is 0 Å². The van der Waals surface area contributed by atoms with Gasteiger partial charge in [0.25, 0.3) is 12.0 Å². The molecule has 0 saturated heterocycles. The molecule has 0 N–H and O–H groups in total. The summed E-state index contributed by atoms with van der Waals surface area (Å²) in [5.74, 6) is -1.42. The number of aromatic nitrogens is 3. The number of hydrogen-bond acceptors (Lipinski definition) is 4. The Morgan fingerprint density at radius 3 is 2.52 bits per heavy atom. The Morgan fingerprint density at radius 1 is 1.07 bits per heavy atom. The standard InChI is InChI=1S/C18H9BrF3N3OS/c19-10-3-1-9(2-4-10)14-8-27-18(24-14)25-16(15(21)22)23-13-7-11(20)5-6-12(13)17(25)26/h1-8,15H. The summed E-state index contributed by atoms with van der Waals surface area (Å²) in [6.45, 7) is 0. The molecule has 0 bridgehead atoms. The van der Waals surface area contributed by atoms with Gasteiger partial charge in [0.15, 0.2) is 11.0 Å². The van der Waals surface area contributed by atoms with Crippen molar-refractivity contribution in [1.82, 2.24) is 14.5 Å². The van der Waals surface area contributed by atoms with E-state index in [-0.39, 0.29) is 16.0 Å². The van der Waals surface area contributed by atoms with Gasteiger partial charge in [-0.25, -0.2) is 27.7 Å². The molecule has 0 aliphatic heterocycles. The highest BCUT2D eigenvalue weighted by atomic mass is 79.9. The van der Waals surface area contributed by atoms with Gasteiger partial charge in [-0.2, -0.15) is 0 Å². The second-order valence-corrected chi connectivity index (χ2v) is 7.35. The van der Waals surface area contributed by atoms with Crippen molar-refractivity contribution in [3.05, 3.63) is 74.3 Å². The summed E-state index contributed by atoms with van der Waals surface area (Å²) in [6.07, 6.45) is -3.02. The van der Waals surface area contributed by atoms with Crippen LogP contribution in [-0.2, 0) is 0 Å². The van der Waals surface area contributed by atoms with Crippen LogP contribution < -0.4 is 5.56 Å². The van der Waals surface area contributed by atoms with E-state index in [9.17, 15) is 18.0 Å². The first kappa shape index (κ1) is 17.9. The zero-order valence-electron chi connectivity index (χ0n) is 13.4. The molecule has 0 spiro atoms. The molecule has 4 aromatic rings. The third kappa shape index (κ3) is 3.28. The zero-order valence-corrected chi connectivity index (χ0v) is 15.8. The van der Waals surface area contributed by atoms with Crippen LogP contribution in [0.15, 0.2) is 57.1 Å². The minimum atomic E-state index is -3.02. The zero-order chi connectivity index (χ0) is 19.1. The van der Waals surface area contributed by atoms with Crippen LogP contribution in [0.25, 0.3) is 27.3 Å². The van der Waals surface area contributed by atoms with Gasteiger partial charge < -0.3 is 0 Å². The molecule has 0 amide bonds. The van der Waals surface area contributed by atoms with Gasteiger partial charge in [0.1, 0.15) is 5.82 Å². The normalized spacial score (nSPS) is 11.4. The highest BCUT2D eigenvalue weighted by Gasteiger charge is 2.22. The van der Waals surface area contributed by atoms with Crippen LogP contribution >= 0.6 is 27.3 Å². The lowest BCUT2D eigenvalue weighted by molar-refractivity contribution is 0.137. The Morgan fingerprint density at radius 2 is 1.81 bits per heavy atom. The van der Waals surface area contributed by atoms with Gasteiger partial charge in [0, 0.05) is 21.5 Å². The van der Waals surface area contributed by atoms with Crippen molar-refractivity contribution in [3.8, 4) is 16.4 Å². The maximum Gasteiger partial charge on any atom is 0.296 e. The maximum absolute atomic E-state index is 13.6. The number of alkyl halides is 2. The van der Waals surface area contributed by atoms with Crippen molar-refractivity contribution in [2.45, 2.75) is 6.43 Å². The molecule has 4 rings (SSSR count). The fourth-order valence-electron chi connectivity index (χ4n) is 2.63. The van der Waals surface area contributed by atoms with E-state index in [1.807, 2.05) is 24.3 Å². The molecule has 0 aliphatic carbocycles. The van der Waals surface area contributed by atoms with E-state index in [2.05, 4.69) is 25.9 Å². The van der Waals surface area contributed by atoms with Gasteiger partial charge in [-0.05, 0) is 24.3 Å². The lowest BCUT2D eigenvalue weighted by Crippen LogP contribution is -2.24. The van der Waals surface area contributed by atoms with Crippen LogP contribution in [-0.4, -0.2) is 14.5 Å². The van der Waals surface area contributed by atoms with Crippen LogP contribution in [0.4, 0.5) is 13.2 Å². The van der Waals surface area contributed by atoms with E-state index in [4.69, 9.17) is 0 Å². The third-order valence-electron chi connectivity index (χ3n) is 3.88. The number of thiazole rings is 1. The van der Waals surface area contributed by atoms with E-state index >= 15 is 0 Å². The Labute approximate surface area is 163 Å². The van der Waals surface area contributed by atoms with E-state index in [1.165, 1.54) is 6.07 Å². The van der Waals surface area contributed by atoms with Crippen LogP contribution in [0, 0.1) is 5.82 Å². The molecule has 0 atom stereocenters. The summed E-state index contributed by atoms with van der Waals surface area (Å²) in [6, 6.07) is 10.6. The summed E-state index contributed by atoms with van der Waals surface area (Å²) < 4.78 is 42.2. The molecular formula is C18H9BrF3N3OS. The average molecular weight is 452 g/mol. The first-order valence-electron chi connectivity index (χ1n) is 7.66. The number of hydrogen-bond donors (Lipinski definition) is 0. The summed E-state index contributed by atoms with van der Waals surface area (Å²) >= 11 is 4.39. The molecular weight excluding hydrogens is 443 g/mol. The predicted molar refractivity (Wildman–Crippen MR) is 101 cm³/mol. The van der Waals surface area contributed by atoms with Gasteiger partial charge in [0.2, 0.25) is 0 Å². The summed E-state index contributed by atoms with van der Waals surface area (Å²) in [5, 5.41) is 1.79. The van der Waals surface area contributed by atoms with Crippen molar-refractivity contribution in [1.29, 1.82) is 0 Å². The number of fused-ring (bicyclic) bond motifs is 1.